The maximum atomic E-state index is 12.1. The molecule has 0 aromatic carbocycles. The van der Waals surface area contributed by atoms with E-state index in [1.54, 1.807) is 6.26 Å². The number of likely N-dealkylation sites (tertiary alicyclic amines) is 1. The third-order valence-electron chi connectivity index (χ3n) is 3.41. The lowest BCUT2D eigenvalue weighted by Gasteiger charge is -2.31. The molecule has 0 saturated carbocycles. The smallest absolute Gasteiger partial charge is 0.173 e. The van der Waals surface area contributed by atoms with Crippen molar-refractivity contribution in [3.8, 4) is 0 Å². The van der Waals surface area contributed by atoms with Gasteiger partial charge < -0.3 is 9.32 Å². The van der Waals surface area contributed by atoms with Gasteiger partial charge in [-0.25, -0.2) is 0 Å². The van der Waals surface area contributed by atoms with Gasteiger partial charge in [0.05, 0.1) is 31.3 Å². The summed E-state index contributed by atoms with van der Waals surface area (Å²) in [5.41, 5.74) is 0.881. The molecule has 1 aromatic heterocycles. The van der Waals surface area contributed by atoms with Crippen molar-refractivity contribution in [2.45, 2.75) is 19.9 Å². The lowest BCUT2D eigenvalue weighted by Crippen LogP contribution is -3.14. The van der Waals surface area contributed by atoms with Gasteiger partial charge in [-0.1, -0.05) is 0 Å². The summed E-state index contributed by atoms with van der Waals surface area (Å²) in [5.74, 6) is 1.13. The number of piperidine rings is 1. The van der Waals surface area contributed by atoms with Crippen LogP contribution >= 0.6 is 0 Å². The standard InChI is InChI=1S/C13H17NO2/c1-9-8-14(3)10(2)12(13(9)15)7-11-5-4-6-16-11/h4-7,9-10H,8H2,1-3H3/p+1/t9-,10+/m0/s1. The van der Waals surface area contributed by atoms with E-state index in [2.05, 4.69) is 14.0 Å². The fourth-order valence-corrected chi connectivity index (χ4v) is 2.24. The topological polar surface area (TPSA) is 34.6 Å². The van der Waals surface area contributed by atoms with Crippen LogP contribution in [0.4, 0.5) is 0 Å². The van der Waals surface area contributed by atoms with Crippen molar-refractivity contribution in [1.82, 2.24) is 0 Å². The summed E-state index contributed by atoms with van der Waals surface area (Å²) >= 11 is 0. The Balaban J connectivity index is 2.33. The number of nitrogens with one attached hydrogen (secondary N) is 1. The molecule has 2 heterocycles. The fourth-order valence-electron chi connectivity index (χ4n) is 2.24. The largest absolute Gasteiger partial charge is 0.465 e. The van der Waals surface area contributed by atoms with Gasteiger partial charge in [0.25, 0.3) is 0 Å². The summed E-state index contributed by atoms with van der Waals surface area (Å²) in [6.07, 6.45) is 3.51. The quantitative estimate of drug-likeness (QED) is 0.710. The molecule has 0 spiro atoms. The van der Waals surface area contributed by atoms with Gasteiger partial charge in [0.2, 0.25) is 0 Å². The molecule has 0 aliphatic carbocycles. The van der Waals surface area contributed by atoms with Crippen LogP contribution in [0.3, 0.4) is 0 Å². The Morgan fingerprint density at radius 1 is 1.50 bits per heavy atom. The first kappa shape index (κ1) is 11.1. The predicted octanol–water partition coefficient (Wildman–Crippen LogP) is 0.785. The molecule has 16 heavy (non-hydrogen) atoms. The molecule has 86 valence electrons. The second-order valence-corrected chi connectivity index (χ2v) is 4.65. The Bertz CT molecular complexity index is 406. The Kier molecular flexibility index (Phi) is 2.97. The molecule has 1 aliphatic rings. The number of carbonyl (C=O) groups excluding carboxylic acids is 1. The molecule has 3 nitrogen and oxygen atoms in total. The van der Waals surface area contributed by atoms with Crippen LogP contribution in [-0.4, -0.2) is 25.4 Å². The van der Waals surface area contributed by atoms with Gasteiger partial charge >= 0.3 is 0 Å². The zero-order valence-electron chi connectivity index (χ0n) is 9.99. The predicted molar refractivity (Wildman–Crippen MR) is 62.1 cm³/mol. The molecule has 2 rings (SSSR count). The second-order valence-electron chi connectivity index (χ2n) is 4.65. The average Bonchev–Trinajstić information content (AvgIpc) is 2.74. The van der Waals surface area contributed by atoms with Crippen molar-refractivity contribution < 1.29 is 14.1 Å². The highest BCUT2D eigenvalue weighted by atomic mass is 16.3. The van der Waals surface area contributed by atoms with E-state index in [9.17, 15) is 4.79 Å². The van der Waals surface area contributed by atoms with Gasteiger partial charge in [0, 0.05) is 0 Å². The SMILES string of the molecule is C[C@@H]1C(=Cc2ccco2)C(=O)[C@@H](C)C[NH+]1C. The summed E-state index contributed by atoms with van der Waals surface area (Å²) < 4.78 is 5.27. The highest BCUT2D eigenvalue weighted by molar-refractivity contribution is 6.02. The number of rotatable bonds is 1. The highest BCUT2D eigenvalue weighted by Gasteiger charge is 2.35. The van der Waals surface area contributed by atoms with E-state index >= 15 is 0 Å². The molecule has 1 saturated heterocycles. The molecular weight excluding hydrogens is 202 g/mol. The molecule has 3 atom stereocenters. The number of likely N-dealkylation sites (N-methyl/N-ethyl adjacent to an activating group) is 1. The molecule has 3 heteroatoms. The van der Waals surface area contributed by atoms with Gasteiger partial charge in [-0.3, -0.25) is 4.79 Å². The monoisotopic (exact) mass is 220 g/mol. The lowest BCUT2D eigenvalue weighted by atomic mass is 9.88. The van der Waals surface area contributed by atoms with Crippen LogP contribution in [0.2, 0.25) is 0 Å². The Hall–Kier alpha value is -1.35. The number of hydrogen-bond acceptors (Lipinski definition) is 2. The summed E-state index contributed by atoms with van der Waals surface area (Å²) in [6.45, 7) is 5.00. The summed E-state index contributed by atoms with van der Waals surface area (Å²) in [7, 11) is 2.13. The zero-order valence-corrected chi connectivity index (χ0v) is 9.99. The van der Waals surface area contributed by atoms with E-state index in [-0.39, 0.29) is 17.7 Å². The highest BCUT2D eigenvalue weighted by Crippen LogP contribution is 2.17. The first-order chi connectivity index (χ1) is 7.59. The molecule has 1 aliphatic heterocycles. The summed E-state index contributed by atoms with van der Waals surface area (Å²) in [6, 6.07) is 3.96. The van der Waals surface area contributed by atoms with E-state index in [0.29, 0.717) is 0 Å². The number of furan rings is 1. The van der Waals surface area contributed by atoms with E-state index in [1.807, 2.05) is 25.1 Å². The Labute approximate surface area is 95.7 Å². The van der Waals surface area contributed by atoms with Gasteiger partial charge in [0.1, 0.15) is 11.8 Å². The van der Waals surface area contributed by atoms with Crippen LogP contribution in [0, 0.1) is 5.92 Å². The van der Waals surface area contributed by atoms with Crippen LogP contribution < -0.4 is 4.90 Å². The van der Waals surface area contributed by atoms with Crippen LogP contribution in [0.1, 0.15) is 19.6 Å². The Morgan fingerprint density at radius 3 is 2.88 bits per heavy atom. The fraction of sp³-hybridized carbons (Fsp3) is 0.462. The average molecular weight is 220 g/mol. The first-order valence-electron chi connectivity index (χ1n) is 5.71. The maximum Gasteiger partial charge on any atom is 0.173 e. The minimum absolute atomic E-state index is 0.109. The molecule has 0 radical (unpaired) electrons. The Morgan fingerprint density at radius 2 is 2.25 bits per heavy atom. The van der Waals surface area contributed by atoms with Crippen LogP contribution in [0.25, 0.3) is 6.08 Å². The minimum Gasteiger partial charge on any atom is -0.465 e. The number of hydrogen-bond donors (Lipinski definition) is 1. The third-order valence-corrected chi connectivity index (χ3v) is 3.41. The van der Waals surface area contributed by atoms with E-state index in [1.165, 1.54) is 4.90 Å². The normalized spacial score (nSPS) is 33.3. The zero-order chi connectivity index (χ0) is 11.7. The molecular formula is C13H18NO2+. The molecule has 1 aromatic rings. The molecule has 0 bridgehead atoms. The van der Waals surface area contributed by atoms with Gasteiger partial charge in [0.15, 0.2) is 5.78 Å². The third kappa shape index (κ3) is 1.95. The molecule has 0 amide bonds. The maximum absolute atomic E-state index is 12.1. The van der Waals surface area contributed by atoms with Crippen molar-refractivity contribution >= 4 is 11.9 Å². The second kappa shape index (κ2) is 4.26. The minimum atomic E-state index is 0.109. The van der Waals surface area contributed by atoms with Crippen molar-refractivity contribution in [1.29, 1.82) is 0 Å². The van der Waals surface area contributed by atoms with E-state index < -0.39 is 0 Å². The summed E-state index contributed by atoms with van der Waals surface area (Å²) in [4.78, 5) is 13.5. The van der Waals surface area contributed by atoms with Gasteiger partial charge in [-0.2, -0.15) is 0 Å². The van der Waals surface area contributed by atoms with E-state index in [4.69, 9.17) is 4.42 Å². The van der Waals surface area contributed by atoms with E-state index in [0.717, 1.165) is 17.9 Å². The van der Waals surface area contributed by atoms with Crippen molar-refractivity contribution in [3.63, 3.8) is 0 Å². The van der Waals surface area contributed by atoms with Crippen LogP contribution in [0.5, 0.6) is 0 Å². The molecule has 1 N–H and O–H groups in total. The molecule has 1 unspecified atom stereocenters. The van der Waals surface area contributed by atoms with Gasteiger partial charge in [-0.15, -0.1) is 0 Å². The summed E-state index contributed by atoms with van der Waals surface area (Å²) in [5, 5.41) is 0. The van der Waals surface area contributed by atoms with Crippen molar-refractivity contribution in [2.24, 2.45) is 5.92 Å². The van der Waals surface area contributed by atoms with Crippen LogP contribution in [-0.2, 0) is 4.79 Å². The first-order valence-corrected chi connectivity index (χ1v) is 5.71. The number of carbonyl (C=O) groups is 1. The van der Waals surface area contributed by atoms with Gasteiger partial charge in [-0.05, 0) is 32.1 Å². The number of Topliss-reactive ketones (excluding diaryl/α,β-unsaturated/α-hetero) is 1. The number of ketones is 1. The van der Waals surface area contributed by atoms with Crippen molar-refractivity contribution in [3.05, 3.63) is 29.7 Å². The molecule has 1 fully saturated rings. The lowest BCUT2D eigenvalue weighted by molar-refractivity contribution is -0.902. The van der Waals surface area contributed by atoms with Crippen LogP contribution in [0.15, 0.2) is 28.4 Å². The number of quaternary nitrogens is 1. The van der Waals surface area contributed by atoms with Crippen molar-refractivity contribution in [2.75, 3.05) is 13.6 Å².